The lowest BCUT2D eigenvalue weighted by Gasteiger charge is -2.04. The van der Waals surface area contributed by atoms with Gasteiger partial charge in [-0.25, -0.2) is 0 Å². The molecule has 1 aromatic rings. The van der Waals surface area contributed by atoms with Crippen LogP contribution in [0.25, 0.3) is 0 Å². The van der Waals surface area contributed by atoms with E-state index in [1.54, 1.807) is 12.1 Å². The van der Waals surface area contributed by atoms with Crippen molar-refractivity contribution >= 4 is 17.2 Å². The van der Waals surface area contributed by atoms with E-state index in [4.69, 9.17) is 9.84 Å². The van der Waals surface area contributed by atoms with Gasteiger partial charge < -0.3 is 15.2 Å². The maximum Gasteiger partial charge on any atom is 0.261 e. The predicted molar refractivity (Wildman–Crippen MR) is 78.8 cm³/mol. The summed E-state index contributed by atoms with van der Waals surface area (Å²) in [5.74, 6) is 6.07. The van der Waals surface area contributed by atoms with Crippen LogP contribution in [0.2, 0.25) is 0 Å². The molecule has 1 saturated carbocycles. The summed E-state index contributed by atoms with van der Waals surface area (Å²) in [5, 5.41) is 11.5. The standard InChI is InChI=1S/C15H19NO3S/c17-9-1-3-13-6-7-14(20-13)15(18)16-8-2-10-19-11-12-4-5-12/h6-7,12,17H,2,4-5,8-11H2,(H,16,18). The van der Waals surface area contributed by atoms with Crippen LogP contribution in [-0.4, -0.2) is 37.4 Å². The maximum atomic E-state index is 11.8. The Kier molecular flexibility index (Phi) is 6.06. The summed E-state index contributed by atoms with van der Waals surface area (Å²) in [7, 11) is 0. The quantitative estimate of drug-likeness (QED) is 0.593. The fourth-order valence-corrected chi connectivity index (χ4v) is 2.45. The van der Waals surface area contributed by atoms with Crippen LogP contribution in [0.3, 0.4) is 0 Å². The second kappa shape index (κ2) is 8.05. The molecule has 1 aliphatic rings. The average molecular weight is 293 g/mol. The Morgan fingerprint density at radius 3 is 3.10 bits per heavy atom. The third-order valence-electron chi connectivity index (χ3n) is 2.92. The summed E-state index contributed by atoms with van der Waals surface area (Å²) < 4.78 is 5.50. The van der Waals surface area contributed by atoms with Crippen molar-refractivity contribution in [2.75, 3.05) is 26.4 Å². The summed E-state index contributed by atoms with van der Waals surface area (Å²) in [5.41, 5.74) is 0. The van der Waals surface area contributed by atoms with Gasteiger partial charge in [-0.15, -0.1) is 11.3 Å². The van der Waals surface area contributed by atoms with E-state index in [-0.39, 0.29) is 12.5 Å². The average Bonchev–Trinajstić information content (AvgIpc) is 3.16. The Labute approximate surface area is 123 Å². The highest BCUT2D eigenvalue weighted by atomic mass is 32.1. The first-order valence-electron chi connectivity index (χ1n) is 6.85. The lowest BCUT2D eigenvalue weighted by Crippen LogP contribution is -2.24. The molecule has 0 atom stereocenters. The molecule has 2 N–H and O–H groups in total. The van der Waals surface area contributed by atoms with Crippen LogP contribution in [-0.2, 0) is 4.74 Å². The van der Waals surface area contributed by atoms with Crippen LogP contribution in [0.4, 0.5) is 0 Å². The second-order valence-electron chi connectivity index (χ2n) is 4.75. The van der Waals surface area contributed by atoms with Crippen LogP contribution < -0.4 is 5.32 Å². The van der Waals surface area contributed by atoms with E-state index in [2.05, 4.69) is 17.2 Å². The summed E-state index contributed by atoms with van der Waals surface area (Å²) >= 11 is 1.33. The van der Waals surface area contributed by atoms with Crippen LogP contribution in [0.1, 0.15) is 33.8 Å². The lowest BCUT2D eigenvalue weighted by molar-refractivity contribution is 0.0941. The number of amides is 1. The summed E-state index contributed by atoms with van der Waals surface area (Å²) in [6.07, 6.45) is 3.44. The Bertz CT molecular complexity index is 497. The third kappa shape index (κ3) is 5.33. The topological polar surface area (TPSA) is 58.6 Å². The summed E-state index contributed by atoms with van der Waals surface area (Å²) in [4.78, 5) is 13.3. The smallest absolute Gasteiger partial charge is 0.261 e. The number of aliphatic hydroxyl groups excluding tert-OH is 1. The van der Waals surface area contributed by atoms with Gasteiger partial charge in [-0.1, -0.05) is 11.8 Å². The van der Waals surface area contributed by atoms with Gasteiger partial charge in [-0.3, -0.25) is 4.79 Å². The molecule has 0 unspecified atom stereocenters. The molecule has 20 heavy (non-hydrogen) atoms. The fraction of sp³-hybridized carbons (Fsp3) is 0.533. The number of carbonyl (C=O) groups excluding carboxylic acids is 1. The number of ether oxygens (including phenoxy) is 1. The second-order valence-corrected chi connectivity index (χ2v) is 5.84. The fourth-order valence-electron chi connectivity index (χ4n) is 1.65. The van der Waals surface area contributed by atoms with E-state index >= 15 is 0 Å². The van der Waals surface area contributed by atoms with Crippen molar-refractivity contribution in [3.8, 4) is 11.8 Å². The number of aliphatic hydroxyl groups is 1. The van der Waals surface area contributed by atoms with Gasteiger partial charge in [0.25, 0.3) is 5.91 Å². The van der Waals surface area contributed by atoms with Gasteiger partial charge in [0.1, 0.15) is 6.61 Å². The molecule has 0 bridgehead atoms. The normalized spacial score (nSPS) is 13.7. The molecule has 5 heteroatoms. The lowest BCUT2D eigenvalue weighted by atomic mass is 10.4. The van der Waals surface area contributed by atoms with Gasteiger partial charge in [0, 0.05) is 19.8 Å². The van der Waals surface area contributed by atoms with Gasteiger partial charge in [0.05, 0.1) is 9.75 Å². The third-order valence-corrected chi connectivity index (χ3v) is 3.92. The van der Waals surface area contributed by atoms with Crippen LogP contribution >= 0.6 is 11.3 Å². The van der Waals surface area contributed by atoms with Crippen molar-refractivity contribution in [2.24, 2.45) is 5.92 Å². The molecule has 1 amide bonds. The number of thiophene rings is 1. The molecule has 0 aliphatic heterocycles. The Hall–Kier alpha value is -1.35. The minimum atomic E-state index is -0.166. The van der Waals surface area contributed by atoms with E-state index in [1.165, 1.54) is 24.2 Å². The van der Waals surface area contributed by atoms with E-state index in [9.17, 15) is 4.79 Å². The van der Waals surface area contributed by atoms with Gasteiger partial charge in [0.2, 0.25) is 0 Å². The van der Waals surface area contributed by atoms with Crippen LogP contribution in [0, 0.1) is 17.8 Å². The van der Waals surface area contributed by atoms with E-state index in [0.29, 0.717) is 18.0 Å². The van der Waals surface area contributed by atoms with Crippen molar-refractivity contribution in [3.05, 3.63) is 21.9 Å². The van der Waals surface area contributed by atoms with Crippen molar-refractivity contribution in [1.29, 1.82) is 0 Å². The first kappa shape index (κ1) is 15.0. The zero-order valence-corrected chi connectivity index (χ0v) is 12.2. The first-order valence-corrected chi connectivity index (χ1v) is 7.66. The highest BCUT2D eigenvalue weighted by Crippen LogP contribution is 2.28. The molecule has 1 heterocycles. The van der Waals surface area contributed by atoms with Crippen molar-refractivity contribution in [2.45, 2.75) is 19.3 Å². The van der Waals surface area contributed by atoms with Gasteiger partial charge in [-0.2, -0.15) is 0 Å². The minimum absolute atomic E-state index is 0.0748. The number of rotatable bonds is 7. The molecular formula is C15H19NO3S. The number of hydrogen-bond donors (Lipinski definition) is 2. The van der Waals surface area contributed by atoms with Gasteiger partial charge in [0.15, 0.2) is 0 Å². The Balaban J connectivity index is 1.62. The number of hydrogen-bond acceptors (Lipinski definition) is 4. The highest BCUT2D eigenvalue weighted by molar-refractivity contribution is 7.14. The largest absolute Gasteiger partial charge is 0.384 e. The zero-order chi connectivity index (χ0) is 14.2. The molecular weight excluding hydrogens is 274 g/mol. The van der Waals surface area contributed by atoms with E-state index < -0.39 is 0 Å². The highest BCUT2D eigenvalue weighted by Gasteiger charge is 2.20. The Morgan fingerprint density at radius 1 is 1.50 bits per heavy atom. The molecule has 1 aromatic heterocycles. The van der Waals surface area contributed by atoms with Crippen molar-refractivity contribution in [3.63, 3.8) is 0 Å². The molecule has 2 rings (SSSR count). The molecule has 0 spiro atoms. The SMILES string of the molecule is O=C(NCCCOCC1CC1)c1ccc(C#CCO)s1. The van der Waals surface area contributed by atoms with Crippen molar-refractivity contribution in [1.82, 2.24) is 5.32 Å². The number of nitrogens with one attached hydrogen (secondary N) is 1. The molecule has 0 aromatic carbocycles. The molecule has 4 nitrogen and oxygen atoms in total. The summed E-state index contributed by atoms with van der Waals surface area (Å²) in [6, 6.07) is 3.55. The van der Waals surface area contributed by atoms with Crippen molar-refractivity contribution < 1.29 is 14.6 Å². The molecule has 1 fully saturated rings. The van der Waals surface area contributed by atoms with Gasteiger partial charge in [-0.05, 0) is 37.3 Å². The molecule has 1 aliphatic carbocycles. The molecule has 0 radical (unpaired) electrons. The molecule has 108 valence electrons. The maximum absolute atomic E-state index is 11.8. The summed E-state index contributed by atoms with van der Waals surface area (Å²) in [6.45, 7) is 2.03. The van der Waals surface area contributed by atoms with E-state index in [1.807, 2.05) is 0 Å². The van der Waals surface area contributed by atoms with Gasteiger partial charge >= 0.3 is 0 Å². The predicted octanol–water partition coefficient (Wildman–Crippen LogP) is 1.64. The number of carbonyl (C=O) groups is 1. The van der Waals surface area contributed by atoms with E-state index in [0.717, 1.165) is 23.8 Å². The zero-order valence-electron chi connectivity index (χ0n) is 11.4. The Morgan fingerprint density at radius 2 is 2.35 bits per heavy atom. The minimum Gasteiger partial charge on any atom is -0.384 e. The molecule has 0 saturated heterocycles. The first-order chi connectivity index (χ1) is 9.79. The monoisotopic (exact) mass is 293 g/mol. The van der Waals surface area contributed by atoms with Crippen LogP contribution in [0.5, 0.6) is 0 Å². The van der Waals surface area contributed by atoms with Crippen LogP contribution in [0.15, 0.2) is 12.1 Å².